The van der Waals surface area contributed by atoms with Crippen molar-refractivity contribution in [2.24, 2.45) is 5.73 Å². The van der Waals surface area contributed by atoms with Crippen LogP contribution in [-0.2, 0) is 6.42 Å². The molecular weight excluding hydrogens is 351 g/mol. The summed E-state index contributed by atoms with van der Waals surface area (Å²) in [5.74, 6) is -1.53. The van der Waals surface area contributed by atoms with Crippen molar-refractivity contribution in [1.82, 2.24) is 4.90 Å². The molecular formula is C18H27BN2O6. The third kappa shape index (κ3) is 4.55. The quantitative estimate of drug-likeness (QED) is 0.431. The van der Waals surface area contributed by atoms with Gasteiger partial charge in [0.15, 0.2) is 0 Å². The number of aromatic hydroxyl groups is 1. The summed E-state index contributed by atoms with van der Waals surface area (Å²) >= 11 is 0. The Labute approximate surface area is 158 Å². The van der Waals surface area contributed by atoms with Gasteiger partial charge in [-0.05, 0) is 37.2 Å². The Hall–Kier alpha value is -1.81. The maximum absolute atomic E-state index is 11.6. The molecule has 0 unspecified atom stereocenters. The lowest BCUT2D eigenvalue weighted by molar-refractivity contribution is -0.0248. The molecule has 2 fully saturated rings. The van der Waals surface area contributed by atoms with E-state index in [-0.39, 0.29) is 41.9 Å². The fourth-order valence-electron chi connectivity index (χ4n) is 3.99. The van der Waals surface area contributed by atoms with E-state index in [4.69, 9.17) is 20.5 Å². The number of hydrogen-bond donors (Lipinski definition) is 5. The van der Waals surface area contributed by atoms with Crippen molar-refractivity contribution >= 4 is 13.1 Å². The van der Waals surface area contributed by atoms with E-state index in [0.29, 0.717) is 24.7 Å². The van der Waals surface area contributed by atoms with Crippen LogP contribution in [0.15, 0.2) is 12.1 Å². The van der Waals surface area contributed by atoms with Crippen molar-refractivity contribution in [2.45, 2.75) is 56.6 Å². The molecule has 6 N–H and O–H groups in total. The topological polar surface area (TPSA) is 136 Å². The SMILES string of the molecule is N[C@H]1CCCC[C@@H]1N1CC(Oc2ccc(CCB(O)O)c(O)c2C(=O)O)C1. The molecule has 1 aliphatic carbocycles. The predicted octanol–water partition coefficient (Wildman–Crippen LogP) is 0.439. The van der Waals surface area contributed by atoms with Crippen LogP contribution in [0.3, 0.4) is 0 Å². The Kier molecular flexibility index (Phi) is 6.26. The first-order chi connectivity index (χ1) is 12.9. The summed E-state index contributed by atoms with van der Waals surface area (Å²) in [6, 6.07) is 3.63. The van der Waals surface area contributed by atoms with Crippen molar-refractivity contribution in [3.05, 3.63) is 23.3 Å². The van der Waals surface area contributed by atoms with Crippen LogP contribution in [0.4, 0.5) is 0 Å². The van der Waals surface area contributed by atoms with Gasteiger partial charge in [0.25, 0.3) is 0 Å². The van der Waals surface area contributed by atoms with Gasteiger partial charge in [0.05, 0.1) is 0 Å². The maximum atomic E-state index is 11.6. The van der Waals surface area contributed by atoms with E-state index in [1.54, 1.807) is 6.07 Å². The zero-order valence-corrected chi connectivity index (χ0v) is 15.3. The lowest BCUT2D eigenvalue weighted by Gasteiger charge is -2.47. The molecule has 1 aliphatic heterocycles. The first-order valence-electron chi connectivity index (χ1n) is 9.47. The minimum Gasteiger partial charge on any atom is -0.507 e. The Bertz CT molecular complexity index is 680. The van der Waals surface area contributed by atoms with Gasteiger partial charge >= 0.3 is 13.1 Å². The number of aryl methyl sites for hydroxylation is 1. The van der Waals surface area contributed by atoms with E-state index in [1.807, 2.05) is 0 Å². The molecule has 0 amide bonds. The number of rotatable bonds is 7. The number of carboxylic acids is 1. The number of nitrogens with two attached hydrogens (primary N) is 1. The molecule has 0 spiro atoms. The van der Waals surface area contributed by atoms with E-state index < -0.39 is 13.1 Å². The molecule has 1 heterocycles. The second kappa shape index (κ2) is 8.47. The molecule has 0 bridgehead atoms. The highest BCUT2D eigenvalue weighted by Crippen LogP contribution is 2.34. The van der Waals surface area contributed by atoms with Gasteiger partial charge in [0.2, 0.25) is 0 Å². The van der Waals surface area contributed by atoms with Crippen molar-refractivity contribution in [2.75, 3.05) is 13.1 Å². The highest BCUT2D eigenvalue weighted by Gasteiger charge is 2.38. The van der Waals surface area contributed by atoms with Gasteiger partial charge in [0.1, 0.15) is 23.2 Å². The lowest BCUT2D eigenvalue weighted by atomic mass is 9.82. The van der Waals surface area contributed by atoms with Gasteiger partial charge in [-0.15, -0.1) is 0 Å². The predicted molar refractivity (Wildman–Crippen MR) is 100.0 cm³/mol. The molecule has 1 saturated carbocycles. The molecule has 2 aliphatic rings. The molecule has 9 heteroatoms. The molecule has 1 aromatic carbocycles. The van der Waals surface area contributed by atoms with Crippen LogP contribution in [0.1, 0.15) is 41.6 Å². The average molecular weight is 378 g/mol. The number of aromatic carboxylic acids is 1. The van der Waals surface area contributed by atoms with Crippen LogP contribution in [0.25, 0.3) is 0 Å². The van der Waals surface area contributed by atoms with Crippen LogP contribution >= 0.6 is 0 Å². The van der Waals surface area contributed by atoms with Gasteiger partial charge < -0.3 is 30.7 Å². The van der Waals surface area contributed by atoms with E-state index in [9.17, 15) is 15.0 Å². The summed E-state index contributed by atoms with van der Waals surface area (Å²) in [5.41, 5.74) is 6.27. The van der Waals surface area contributed by atoms with Crippen LogP contribution in [-0.4, -0.2) is 69.5 Å². The number of carboxylic acid groups (broad SMARTS) is 1. The number of phenols is 1. The lowest BCUT2D eigenvalue weighted by Crippen LogP contribution is -2.62. The molecule has 0 aromatic heterocycles. The largest absolute Gasteiger partial charge is 0.507 e. The molecule has 1 saturated heterocycles. The second-order valence-corrected chi connectivity index (χ2v) is 7.48. The van der Waals surface area contributed by atoms with Gasteiger partial charge in [0, 0.05) is 25.2 Å². The summed E-state index contributed by atoms with van der Waals surface area (Å²) in [5, 5.41) is 37.7. The second-order valence-electron chi connectivity index (χ2n) is 7.48. The zero-order chi connectivity index (χ0) is 19.6. The van der Waals surface area contributed by atoms with Crippen molar-refractivity contribution in [3.8, 4) is 11.5 Å². The zero-order valence-electron chi connectivity index (χ0n) is 15.3. The van der Waals surface area contributed by atoms with Crippen LogP contribution in [0, 0.1) is 0 Å². The number of ether oxygens (including phenoxy) is 1. The third-order valence-electron chi connectivity index (χ3n) is 5.53. The Morgan fingerprint density at radius 3 is 2.59 bits per heavy atom. The highest BCUT2D eigenvalue weighted by molar-refractivity contribution is 6.41. The van der Waals surface area contributed by atoms with E-state index >= 15 is 0 Å². The summed E-state index contributed by atoms with van der Waals surface area (Å²) < 4.78 is 5.84. The van der Waals surface area contributed by atoms with Crippen LogP contribution in [0.5, 0.6) is 11.5 Å². The Morgan fingerprint density at radius 1 is 1.26 bits per heavy atom. The van der Waals surface area contributed by atoms with Gasteiger partial charge in [-0.3, -0.25) is 4.90 Å². The highest BCUT2D eigenvalue weighted by atomic mass is 16.5. The molecule has 3 rings (SSSR count). The van der Waals surface area contributed by atoms with Gasteiger partial charge in [-0.25, -0.2) is 4.79 Å². The average Bonchev–Trinajstić information content (AvgIpc) is 2.57. The first-order valence-corrected chi connectivity index (χ1v) is 9.47. The number of likely N-dealkylation sites (tertiary alicyclic amines) is 1. The minimum absolute atomic E-state index is 0.00600. The fraction of sp³-hybridized carbons (Fsp3) is 0.611. The smallest absolute Gasteiger partial charge is 0.451 e. The number of nitrogens with zero attached hydrogens (tertiary/aromatic N) is 1. The number of hydrogen-bond acceptors (Lipinski definition) is 7. The summed E-state index contributed by atoms with van der Waals surface area (Å²) in [6.07, 6.45) is 4.50. The van der Waals surface area contributed by atoms with Gasteiger partial charge in [-0.2, -0.15) is 0 Å². The maximum Gasteiger partial charge on any atom is 0.451 e. The summed E-state index contributed by atoms with van der Waals surface area (Å²) in [7, 11) is -1.51. The normalized spacial score (nSPS) is 23.7. The molecule has 27 heavy (non-hydrogen) atoms. The van der Waals surface area contributed by atoms with Crippen LogP contribution < -0.4 is 10.5 Å². The van der Waals surface area contributed by atoms with E-state index in [1.165, 1.54) is 18.9 Å². The van der Waals surface area contributed by atoms with Crippen molar-refractivity contribution in [1.29, 1.82) is 0 Å². The van der Waals surface area contributed by atoms with Crippen molar-refractivity contribution < 1.29 is 29.8 Å². The summed E-state index contributed by atoms with van der Waals surface area (Å²) in [6.45, 7) is 1.38. The standard InChI is InChI=1S/C18H27BN2O6/c20-13-3-1-2-4-14(13)21-9-12(10-21)27-15-6-5-11(7-8-19(25)26)17(22)16(15)18(23)24/h5-6,12-14,22,25-26H,1-4,7-10,20H2,(H,23,24)/t13-,14-/m0/s1. The van der Waals surface area contributed by atoms with Crippen LogP contribution in [0.2, 0.25) is 6.32 Å². The molecule has 2 atom stereocenters. The molecule has 1 aromatic rings. The third-order valence-corrected chi connectivity index (χ3v) is 5.53. The van der Waals surface area contributed by atoms with E-state index in [2.05, 4.69) is 4.90 Å². The van der Waals surface area contributed by atoms with Crippen molar-refractivity contribution in [3.63, 3.8) is 0 Å². The molecule has 8 nitrogen and oxygen atoms in total. The molecule has 0 radical (unpaired) electrons. The minimum atomic E-state index is -1.51. The number of carbonyl (C=O) groups is 1. The monoisotopic (exact) mass is 378 g/mol. The first kappa shape index (κ1) is 19.9. The van der Waals surface area contributed by atoms with E-state index in [0.717, 1.165) is 12.8 Å². The Balaban J connectivity index is 1.65. The fourth-order valence-corrected chi connectivity index (χ4v) is 3.99. The van der Waals surface area contributed by atoms with Gasteiger partial charge in [-0.1, -0.05) is 18.9 Å². The number of benzene rings is 1. The Morgan fingerprint density at radius 2 is 1.96 bits per heavy atom. The molecule has 148 valence electrons. The summed E-state index contributed by atoms with van der Waals surface area (Å²) in [4.78, 5) is 13.9.